The van der Waals surface area contributed by atoms with Crippen molar-refractivity contribution < 1.29 is 27.8 Å². The van der Waals surface area contributed by atoms with Gasteiger partial charge in [0.2, 0.25) is 0 Å². The number of ether oxygens (including phenoxy) is 1. The van der Waals surface area contributed by atoms with Crippen LogP contribution in [0.3, 0.4) is 0 Å². The monoisotopic (exact) mass is 360 g/mol. The number of alkyl halides is 3. The zero-order valence-electron chi connectivity index (χ0n) is 13.5. The highest BCUT2D eigenvalue weighted by molar-refractivity contribution is 5.88. The minimum atomic E-state index is -4.48. The van der Waals surface area contributed by atoms with E-state index in [2.05, 4.69) is 0 Å². The largest absolute Gasteiger partial charge is 0.478 e. The quantitative estimate of drug-likeness (QED) is 0.701. The molecule has 0 fully saturated rings. The molecule has 0 aliphatic rings. The van der Waals surface area contributed by atoms with E-state index in [1.54, 1.807) is 24.3 Å². The van der Waals surface area contributed by atoms with E-state index < -0.39 is 23.8 Å². The molecular formula is C20H15F3O3. The number of carboxylic acid groups (broad SMARTS) is 1. The van der Waals surface area contributed by atoms with Crippen LogP contribution >= 0.6 is 0 Å². The van der Waals surface area contributed by atoms with Gasteiger partial charge < -0.3 is 9.84 Å². The van der Waals surface area contributed by atoms with Crippen LogP contribution in [0.4, 0.5) is 13.2 Å². The number of carbonyl (C=O) groups is 1. The normalized spacial score (nSPS) is 12.7. The van der Waals surface area contributed by atoms with Crippen molar-refractivity contribution >= 4 is 16.7 Å². The lowest BCUT2D eigenvalue weighted by Gasteiger charge is -2.17. The Hall–Kier alpha value is -3.02. The summed E-state index contributed by atoms with van der Waals surface area (Å²) in [6.45, 7) is 0. The second kappa shape index (κ2) is 7.07. The summed E-state index contributed by atoms with van der Waals surface area (Å²) in [4.78, 5) is 11.6. The first kappa shape index (κ1) is 17.8. The predicted molar refractivity (Wildman–Crippen MR) is 91.1 cm³/mol. The summed E-state index contributed by atoms with van der Waals surface area (Å²) >= 11 is 0. The van der Waals surface area contributed by atoms with E-state index in [1.807, 2.05) is 18.2 Å². The van der Waals surface area contributed by atoms with Gasteiger partial charge in [0.15, 0.2) is 6.10 Å². The molecule has 3 rings (SSSR count). The smallest absolute Gasteiger partial charge is 0.416 e. The van der Waals surface area contributed by atoms with E-state index in [4.69, 9.17) is 4.74 Å². The van der Waals surface area contributed by atoms with Gasteiger partial charge in [-0.05, 0) is 23.1 Å². The van der Waals surface area contributed by atoms with E-state index in [-0.39, 0.29) is 12.0 Å². The van der Waals surface area contributed by atoms with Crippen LogP contribution in [0.5, 0.6) is 5.75 Å². The van der Waals surface area contributed by atoms with Gasteiger partial charge in [-0.3, -0.25) is 0 Å². The Balaban J connectivity index is 1.88. The minimum absolute atomic E-state index is 0.178. The van der Waals surface area contributed by atoms with Crippen LogP contribution in [-0.4, -0.2) is 17.2 Å². The molecule has 0 radical (unpaired) electrons. The number of aliphatic carboxylic acids is 1. The lowest BCUT2D eigenvalue weighted by molar-refractivity contribution is -0.144. The number of fused-ring (bicyclic) bond motifs is 1. The van der Waals surface area contributed by atoms with Crippen molar-refractivity contribution in [2.45, 2.75) is 18.7 Å². The first-order valence-corrected chi connectivity index (χ1v) is 7.88. The molecule has 0 spiro atoms. The van der Waals surface area contributed by atoms with E-state index in [0.717, 1.165) is 22.9 Å². The SMILES string of the molecule is O=C(O)[C@@H](Cc1cccc(C(F)(F)F)c1)Oc1cccc2ccccc12. The summed E-state index contributed by atoms with van der Waals surface area (Å²) in [6, 6.07) is 17.2. The third kappa shape index (κ3) is 3.96. The fourth-order valence-corrected chi connectivity index (χ4v) is 2.72. The highest BCUT2D eigenvalue weighted by Gasteiger charge is 2.31. The summed E-state index contributed by atoms with van der Waals surface area (Å²) < 4.78 is 44.2. The molecule has 1 N–H and O–H groups in total. The zero-order valence-corrected chi connectivity index (χ0v) is 13.5. The first-order valence-electron chi connectivity index (χ1n) is 7.88. The van der Waals surface area contributed by atoms with E-state index in [1.165, 1.54) is 12.1 Å². The summed E-state index contributed by atoms with van der Waals surface area (Å²) in [6.07, 6.45) is -5.96. The molecule has 6 heteroatoms. The predicted octanol–water partition coefficient (Wildman–Crippen LogP) is 4.93. The molecule has 26 heavy (non-hydrogen) atoms. The molecular weight excluding hydrogens is 345 g/mol. The van der Waals surface area contributed by atoms with Gasteiger partial charge in [-0.15, -0.1) is 0 Å². The third-order valence-electron chi connectivity index (χ3n) is 3.97. The van der Waals surface area contributed by atoms with Crippen LogP contribution < -0.4 is 4.74 Å². The molecule has 0 unspecified atom stereocenters. The summed E-state index contributed by atoms with van der Waals surface area (Å²) in [5.41, 5.74) is -0.572. The second-order valence-electron chi connectivity index (χ2n) is 5.82. The Bertz CT molecular complexity index is 929. The average Bonchev–Trinajstić information content (AvgIpc) is 2.61. The number of rotatable bonds is 5. The molecule has 3 nitrogen and oxygen atoms in total. The van der Waals surface area contributed by atoms with Crippen molar-refractivity contribution in [1.29, 1.82) is 0 Å². The number of hydrogen-bond acceptors (Lipinski definition) is 2. The van der Waals surface area contributed by atoms with Crippen molar-refractivity contribution in [2.24, 2.45) is 0 Å². The highest BCUT2D eigenvalue weighted by Crippen LogP contribution is 2.30. The van der Waals surface area contributed by atoms with Crippen molar-refractivity contribution in [1.82, 2.24) is 0 Å². The maximum absolute atomic E-state index is 12.8. The minimum Gasteiger partial charge on any atom is -0.478 e. The van der Waals surface area contributed by atoms with Gasteiger partial charge in [0, 0.05) is 11.8 Å². The van der Waals surface area contributed by atoms with Crippen LogP contribution in [0.1, 0.15) is 11.1 Å². The third-order valence-corrected chi connectivity index (χ3v) is 3.97. The maximum atomic E-state index is 12.8. The molecule has 0 heterocycles. The highest BCUT2D eigenvalue weighted by atomic mass is 19.4. The molecule has 3 aromatic carbocycles. The molecule has 0 bridgehead atoms. The fourth-order valence-electron chi connectivity index (χ4n) is 2.72. The average molecular weight is 360 g/mol. The van der Waals surface area contributed by atoms with Crippen LogP contribution in [0.2, 0.25) is 0 Å². The van der Waals surface area contributed by atoms with Gasteiger partial charge in [0.05, 0.1) is 5.56 Å². The Morgan fingerprint density at radius 2 is 1.69 bits per heavy atom. The lowest BCUT2D eigenvalue weighted by atomic mass is 10.0. The van der Waals surface area contributed by atoms with Crippen molar-refractivity contribution in [3.8, 4) is 5.75 Å². The van der Waals surface area contributed by atoms with E-state index in [9.17, 15) is 23.1 Å². The molecule has 0 saturated carbocycles. The van der Waals surface area contributed by atoms with Gasteiger partial charge in [-0.1, -0.05) is 54.6 Å². The van der Waals surface area contributed by atoms with Crippen molar-refractivity contribution in [3.05, 3.63) is 77.9 Å². The lowest BCUT2D eigenvalue weighted by Crippen LogP contribution is -2.29. The molecule has 1 atom stereocenters. The second-order valence-corrected chi connectivity index (χ2v) is 5.82. The van der Waals surface area contributed by atoms with Crippen LogP contribution in [0.15, 0.2) is 66.7 Å². The van der Waals surface area contributed by atoms with Crippen LogP contribution in [-0.2, 0) is 17.4 Å². The molecule has 0 saturated heterocycles. The van der Waals surface area contributed by atoms with Crippen LogP contribution in [0, 0.1) is 0 Å². The molecule has 0 aromatic heterocycles. The van der Waals surface area contributed by atoms with Gasteiger partial charge in [0.1, 0.15) is 5.75 Å². The van der Waals surface area contributed by atoms with Crippen molar-refractivity contribution in [3.63, 3.8) is 0 Å². The number of halogens is 3. The first-order chi connectivity index (χ1) is 12.3. The van der Waals surface area contributed by atoms with E-state index in [0.29, 0.717) is 5.75 Å². The molecule has 3 aromatic rings. The molecule has 0 aliphatic heterocycles. The fraction of sp³-hybridized carbons (Fsp3) is 0.150. The summed E-state index contributed by atoms with van der Waals surface area (Å²) in [5.74, 6) is -0.863. The Morgan fingerprint density at radius 3 is 2.42 bits per heavy atom. The van der Waals surface area contributed by atoms with Crippen LogP contribution in [0.25, 0.3) is 10.8 Å². The number of carboxylic acids is 1. The molecule has 0 amide bonds. The Labute approximate surface area is 147 Å². The van der Waals surface area contributed by atoms with Crippen molar-refractivity contribution in [2.75, 3.05) is 0 Å². The Morgan fingerprint density at radius 1 is 1.00 bits per heavy atom. The Kier molecular flexibility index (Phi) is 4.84. The summed E-state index contributed by atoms with van der Waals surface area (Å²) in [7, 11) is 0. The molecule has 0 aliphatic carbocycles. The molecule has 134 valence electrons. The van der Waals surface area contributed by atoms with Gasteiger partial charge in [0.25, 0.3) is 0 Å². The van der Waals surface area contributed by atoms with Gasteiger partial charge in [-0.25, -0.2) is 4.79 Å². The number of benzene rings is 3. The number of hydrogen-bond donors (Lipinski definition) is 1. The van der Waals surface area contributed by atoms with Gasteiger partial charge >= 0.3 is 12.1 Å². The topological polar surface area (TPSA) is 46.5 Å². The van der Waals surface area contributed by atoms with E-state index >= 15 is 0 Å². The summed E-state index contributed by atoms with van der Waals surface area (Å²) in [5, 5.41) is 11.1. The van der Waals surface area contributed by atoms with Gasteiger partial charge in [-0.2, -0.15) is 13.2 Å². The zero-order chi connectivity index (χ0) is 18.7. The standard InChI is InChI=1S/C20H15F3O3/c21-20(22,23)15-8-3-5-13(11-15)12-18(19(24)25)26-17-10-4-7-14-6-1-2-9-16(14)17/h1-11,18H,12H2,(H,24,25)/t18-/m1/s1. The maximum Gasteiger partial charge on any atom is 0.416 e.